The van der Waals surface area contributed by atoms with Crippen LogP contribution < -0.4 is 10.6 Å². The molecule has 0 radical (unpaired) electrons. The van der Waals surface area contributed by atoms with Gasteiger partial charge in [-0.25, -0.2) is 0 Å². The van der Waals surface area contributed by atoms with Crippen molar-refractivity contribution in [2.24, 2.45) is 0 Å². The van der Waals surface area contributed by atoms with Crippen LogP contribution in [0.25, 0.3) is 22.3 Å². The summed E-state index contributed by atoms with van der Waals surface area (Å²) in [7, 11) is 0. The van der Waals surface area contributed by atoms with Crippen molar-refractivity contribution in [3.05, 3.63) is 167 Å². The maximum absolute atomic E-state index is 3.78. The van der Waals surface area contributed by atoms with Gasteiger partial charge in [-0.15, -0.1) is 0 Å². The van der Waals surface area contributed by atoms with E-state index in [2.05, 4.69) is 186 Å². The molecule has 0 aromatic heterocycles. The standard InChI is InChI=1S/C47H46N2/c1-45(2,3)32-20-24-34(25-21-32)49-43-17-11-16-42-44(43)37-13-8-10-15-41(37)47(42,6)29-28-31-18-22-33(23-19-31)48-35-26-27-40-38(30-35)36-12-7-9-14-39(36)46(40,4)5/h7-27,30,48-49H,28-29H2,1-6H3. The first-order valence-corrected chi connectivity index (χ1v) is 17.7. The summed E-state index contributed by atoms with van der Waals surface area (Å²) in [6, 6.07) is 49.4. The van der Waals surface area contributed by atoms with Gasteiger partial charge in [0.05, 0.1) is 0 Å². The predicted molar refractivity (Wildman–Crippen MR) is 209 cm³/mol. The van der Waals surface area contributed by atoms with Crippen LogP contribution in [0.2, 0.25) is 0 Å². The molecular weight excluding hydrogens is 593 g/mol. The summed E-state index contributed by atoms with van der Waals surface area (Å²) in [4.78, 5) is 0. The number of aryl methyl sites for hydroxylation is 1. The smallest absolute Gasteiger partial charge is 0.0467 e. The van der Waals surface area contributed by atoms with E-state index >= 15 is 0 Å². The lowest BCUT2D eigenvalue weighted by molar-refractivity contribution is 0.533. The zero-order chi connectivity index (χ0) is 34.0. The van der Waals surface area contributed by atoms with Gasteiger partial charge in [0.2, 0.25) is 0 Å². The molecule has 0 heterocycles. The highest BCUT2D eigenvalue weighted by atomic mass is 14.9. The van der Waals surface area contributed by atoms with Crippen molar-refractivity contribution in [2.45, 2.75) is 70.6 Å². The fourth-order valence-corrected chi connectivity index (χ4v) is 8.33. The van der Waals surface area contributed by atoms with Crippen molar-refractivity contribution < 1.29 is 0 Å². The van der Waals surface area contributed by atoms with Gasteiger partial charge in [-0.3, -0.25) is 0 Å². The third-order valence-electron chi connectivity index (χ3n) is 11.2. The monoisotopic (exact) mass is 638 g/mol. The van der Waals surface area contributed by atoms with E-state index in [1.807, 2.05) is 0 Å². The van der Waals surface area contributed by atoms with Gasteiger partial charge in [0.1, 0.15) is 0 Å². The first-order chi connectivity index (χ1) is 23.5. The molecule has 0 saturated heterocycles. The van der Waals surface area contributed by atoms with Crippen LogP contribution in [-0.2, 0) is 22.7 Å². The summed E-state index contributed by atoms with van der Waals surface area (Å²) in [6.45, 7) is 13.9. The van der Waals surface area contributed by atoms with Crippen LogP contribution in [0.3, 0.4) is 0 Å². The van der Waals surface area contributed by atoms with Gasteiger partial charge in [-0.1, -0.05) is 133 Å². The van der Waals surface area contributed by atoms with E-state index in [0.29, 0.717) is 0 Å². The molecule has 2 aliphatic carbocycles. The largest absolute Gasteiger partial charge is 0.356 e. The molecule has 6 aromatic carbocycles. The molecule has 2 heteroatoms. The Morgan fingerprint density at radius 2 is 1.10 bits per heavy atom. The zero-order valence-electron chi connectivity index (χ0n) is 29.6. The van der Waals surface area contributed by atoms with Crippen molar-refractivity contribution in [3.8, 4) is 22.3 Å². The van der Waals surface area contributed by atoms with Crippen LogP contribution in [0.5, 0.6) is 0 Å². The van der Waals surface area contributed by atoms with E-state index in [9.17, 15) is 0 Å². The van der Waals surface area contributed by atoms with Gasteiger partial charge in [-0.05, 0) is 111 Å². The lowest BCUT2D eigenvalue weighted by atomic mass is 9.75. The molecule has 1 unspecified atom stereocenters. The summed E-state index contributed by atoms with van der Waals surface area (Å²) in [6.07, 6.45) is 2.04. The second-order valence-electron chi connectivity index (χ2n) is 15.8. The maximum atomic E-state index is 3.78. The van der Waals surface area contributed by atoms with Crippen molar-refractivity contribution in [1.82, 2.24) is 0 Å². The zero-order valence-corrected chi connectivity index (χ0v) is 29.6. The summed E-state index contributed by atoms with van der Waals surface area (Å²) < 4.78 is 0. The number of fused-ring (bicyclic) bond motifs is 6. The molecule has 6 aromatic rings. The SMILES string of the molecule is CC(C)(C)c1ccc(Nc2cccc3c2-c2ccccc2C3(C)CCc2ccc(Nc3ccc4c(c3)-c3ccccc3C4(C)C)cc2)cc1. The third kappa shape index (κ3) is 5.35. The van der Waals surface area contributed by atoms with E-state index in [-0.39, 0.29) is 16.2 Å². The number of hydrogen-bond acceptors (Lipinski definition) is 2. The molecular formula is C47H46N2. The molecule has 0 amide bonds. The van der Waals surface area contributed by atoms with Crippen molar-refractivity contribution in [1.29, 1.82) is 0 Å². The van der Waals surface area contributed by atoms with E-state index in [4.69, 9.17) is 0 Å². The van der Waals surface area contributed by atoms with Crippen LogP contribution in [0, 0.1) is 0 Å². The van der Waals surface area contributed by atoms with Crippen molar-refractivity contribution in [2.75, 3.05) is 10.6 Å². The maximum Gasteiger partial charge on any atom is 0.0467 e. The summed E-state index contributed by atoms with van der Waals surface area (Å²) in [5, 5.41) is 7.46. The number of hydrogen-bond donors (Lipinski definition) is 2. The fraction of sp³-hybridized carbons (Fsp3) is 0.234. The van der Waals surface area contributed by atoms with E-state index in [0.717, 1.165) is 29.9 Å². The minimum Gasteiger partial charge on any atom is -0.356 e. The molecule has 2 N–H and O–H groups in total. The van der Waals surface area contributed by atoms with Gasteiger partial charge < -0.3 is 10.6 Å². The van der Waals surface area contributed by atoms with Crippen LogP contribution in [0.4, 0.5) is 22.7 Å². The van der Waals surface area contributed by atoms with Crippen LogP contribution >= 0.6 is 0 Å². The second-order valence-corrected chi connectivity index (χ2v) is 15.8. The van der Waals surface area contributed by atoms with Crippen molar-refractivity contribution in [3.63, 3.8) is 0 Å². The number of anilines is 4. The Bertz CT molecular complexity index is 2180. The Hall–Kier alpha value is -5.08. The minimum atomic E-state index is -0.0783. The highest BCUT2D eigenvalue weighted by molar-refractivity contribution is 5.91. The summed E-state index contributed by atoms with van der Waals surface area (Å²) in [5.74, 6) is 0. The molecule has 1 atom stereocenters. The predicted octanol–water partition coefficient (Wildman–Crippen LogP) is 12.7. The Morgan fingerprint density at radius 1 is 0.510 bits per heavy atom. The highest BCUT2D eigenvalue weighted by Crippen LogP contribution is 2.54. The normalized spacial score (nSPS) is 16.8. The molecule has 0 fully saturated rings. The molecule has 49 heavy (non-hydrogen) atoms. The Morgan fingerprint density at radius 3 is 1.84 bits per heavy atom. The number of rotatable bonds is 7. The van der Waals surface area contributed by atoms with Crippen LogP contribution in [-0.4, -0.2) is 0 Å². The van der Waals surface area contributed by atoms with Gasteiger partial charge in [0, 0.05) is 39.1 Å². The van der Waals surface area contributed by atoms with Crippen LogP contribution in [0.1, 0.15) is 81.3 Å². The minimum absolute atomic E-state index is 0.0273. The fourth-order valence-electron chi connectivity index (χ4n) is 8.33. The third-order valence-corrected chi connectivity index (χ3v) is 11.2. The molecule has 244 valence electrons. The molecule has 2 aliphatic rings. The van der Waals surface area contributed by atoms with E-state index < -0.39 is 0 Å². The van der Waals surface area contributed by atoms with E-state index in [1.165, 1.54) is 61.3 Å². The summed E-state index contributed by atoms with van der Waals surface area (Å²) >= 11 is 0. The van der Waals surface area contributed by atoms with Gasteiger partial charge >= 0.3 is 0 Å². The number of benzene rings is 6. The van der Waals surface area contributed by atoms with Gasteiger partial charge in [-0.2, -0.15) is 0 Å². The van der Waals surface area contributed by atoms with Crippen LogP contribution in [0.15, 0.2) is 133 Å². The van der Waals surface area contributed by atoms with Gasteiger partial charge in [0.15, 0.2) is 0 Å². The number of nitrogens with one attached hydrogen (secondary N) is 2. The molecule has 0 saturated carbocycles. The van der Waals surface area contributed by atoms with E-state index in [1.54, 1.807) is 0 Å². The Kier molecular flexibility index (Phi) is 7.33. The lowest BCUT2D eigenvalue weighted by Crippen LogP contribution is -2.21. The first-order valence-electron chi connectivity index (χ1n) is 17.7. The van der Waals surface area contributed by atoms with Crippen molar-refractivity contribution >= 4 is 22.7 Å². The second kappa shape index (κ2) is 11.5. The highest BCUT2D eigenvalue weighted by Gasteiger charge is 2.40. The molecule has 0 spiro atoms. The molecule has 8 rings (SSSR count). The van der Waals surface area contributed by atoms with Gasteiger partial charge in [0.25, 0.3) is 0 Å². The Balaban J connectivity index is 1.01. The topological polar surface area (TPSA) is 24.1 Å². The average Bonchev–Trinajstić information content (AvgIpc) is 3.49. The first kappa shape index (κ1) is 31.2. The summed E-state index contributed by atoms with van der Waals surface area (Å²) in [5.41, 5.74) is 18.3. The molecule has 0 aliphatic heterocycles. The molecule has 2 nitrogen and oxygen atoms in total. The molecule has 0 bridgehead atoms. The average molecular weight is 639 g/mol. The quantitative estimate of drug-likeness (QED) is 0.182. The Labute approximate surface area is 292 Å². The lowest BCUT2D eigenvalue weighted by Gasteiger charge is -2.28.